The standard InChI is InChI=1S/C10H15N3O3/c1-7(2)9(10(15)16)12-8(14)5-13-4-3-11-6-13/h3-4,6-7,9H,5H2,1-2H3,(H,12,14)(H,15,16). The van der Waals surface area contributed by atoms with Crippen LogP contribution < -0.4 is 5.32 Å². The molecule has 6 nitrogen and oxygen atoms in total. The van der Waals surface area contributed by atoms with E-state index in [1.807, 2.05) is 0 Å². The number of carbonyl (C=O) groups is 2. The Labute approximate surface area is 93.3 Å². The zero-order chi connectivity index (χ0) is 12.1. The first-order chi connectivity index (χ1) is 7.50. The van der Waals surface area contributed by atoms with Crippen LogP contribution in [0.5, 0.6) is 0 Å². The van der Waals surface area contributed by atoms with Gasteiger partial charge in [-0.1, -0.05) is 13.8 Å². The van der Waals surface area contributed by atoms with Gasteiger partial charge in [-0.3, -0.25) is 4.79 Å². The second kappa shape index (κ2) is 5.29. The highest BCUT2D eigenvalue weighted by Gasteiger charge is 2.23. The van der Waals surface area contributed by atoms with E-state index in [9.17, 15) is 9.59 Å². The summed E-state index contributed by atoms with van der Waals surface area (Å²) >= 11 is 0. The molecular formula is C10H15N3O3. The molecule has 1 amide bonds. The number of amides is 1. The lowest BCUT2D eigenvalue weighted by molar-refractivity contribution is -0.143. The summed E-state index contributed by atoms with van der Waals surface area (Å²) in [6, 6.07) is -0.851. The van der Waals surface area contributed by atoms with Crippen LogP contribution in [0.2, 0.25) is 0 Å². The zero-order valence-corrected chi connectivity index (χ0v) is 9.25. The van der Waals surface area contributed by atoms with Crippen molar-refractivity contribution in [1.82, 2.24) is 14.9 Å². The maximum atomic E-state index is 11.5. The maximum Gasteiger partial charge on any atom is 0.326 e. The van der Waals surface area contributed by atoms with Crippen LogP contribution in [0.3, 0.4) is 0 Å². The summed E-state index contributed by atoms with van der Waals surface area (Å²) in [6.45, 7) is 3.57. The number of carboxylic acid groups (broad SMARTS) is 1. The summed E-state index contributed by atoms with van der Waals surface area (Å²) in [5, 5.41) is 11.4. The monoisotopic (exact) mass is 225 g/mol. The Morgan fingerprint density at radius 1 is 1.50 bits per heavy atom. The summed E-state index contributed by atoms with van der Waals surface area (Å²) in [7, 11) is 0. The van der Waals surface area contributed by atoms with Crippen LogP contribution in [0, 0.1) is 5.92 Å². The number of aliphatic carboxylic acids is 1. The lowest BCUT2D eigenvalue weighted by atomic mass is 10.1. The molecule has 0 saturated carbocycles. The second-order valence-corrected chi connectivity index (χ2v) is 3.86. The van der Waals surface area contributed by atoms with Gasteiger partial charge in [-0.15, -0.1) is 0 Å². The molecule has 0 aliphatic heterocycles. The number of nitrogens with one attached hydrogen (secondary N) is 1. The molecule has 0 fully saturated rings. The lowest BCUT2D eigenvalue weighted by Gasteiger charge is -2.17. The average molecular weight is 225 g/mol. The third kappa shape index (κ3) is 3.38. The molecule has 0 saturated heterocycles. The molecule has 88 valence electrons. The predicted octanol–water partition coefficient (Wildman–Crippen LogP) is 0.108. The molecule has 0 spiro atoms. The number of aromatic nitrogens is 2. The normalized spacial score (nSPS) is 12.4. The first-order valence-electron chi connectivity index (χ1n) is 4.98. The Morgan fingerprint density at radius 3 is 2.62 bits per heavy atom. The molecule has 2 N–H and O–H groups in total. The summed E-state index contributed by atoms with van der Waals surface area (Å²) in [5.41, 5.74) is 0. The molecule has 0 aromatic carbocycles. The molecule has 1 atom stereocenters. The van der Waals surface area contributed by atoms with E-state index < -0.39 is 12.0 Å². The van der Waals surface area contributed by atoms with Crippen molar-refractivity contribution in [3.63, 3.8) is 0 Å². The summed E-state index contributed by atoms with van der Waals surface area (Å²) in [4.78, 5) is 26.1. The molecule has 1 aromatic rings. The van der Waals surface area contributed by atoms with Crippen molar-refractivity contribution in [2.24, 2.45) is 5.92 Å². The fourth-order valence-electron chi connectivity index (χ4n) is 1.28. The van der Waals surface area contributed by atoms with Crippen LogP contribution >= 0.6 is 0 Å². The zero-order valence-electron chi connectivity index (χ0n) is 9.25. The quantitative estimate of drug-likeness (QED) is 0.744. The molecule has 1 unspecified atom stereocenters. The number of carboxylic acids is 1. The molecule has 1 aromatic heterocycles. The minimum absolute atomic E-state index is 0.0799. The van der Waals surface area contributed by atoms with Crippen LogP contribution in [-0.4, -0.2) is 32.6 Å². The van der Waals surface area contributed by atoms with Crippen LogP contribution in [0.4, 0.5) is 0 Å². The summed E-state index contributed by atoms with van der Waals surface area (Å²) in [6.07, 6.45) is 4.71. The fourth-order valence-corrected chi connectivity index (χ4v) is 1.28. The highest BCUT2D eigenvalue weighted by molar-refractivity contribution is 5.83. The SMILES string of the molecule is CC(C)C(NC(=O)Cn1ccnc1)C(=O)O. The minimum Gasteiger partial charge on any atom is -0.480 e. The number of nitrogens with zero attached hydrogens (tertiary/aromatic N) is 2. The maximum absolute atomic E-state index is 11.5. The third-order valence-corrected chi connectivity index (χ3v) is 2.13. The highest BCUT2D eigenvalue weighted by Crippen LogP contribution is 2.01. The summed E-state index contributed by atoms with van der Waals surface area (Å²) in [5.74, 6) is -1.50. The molecule has 1 heterocycles. The number of hydrogen-bond acceptors (Lipinski definition) is 3. The van der Waals surface area contributed by atoms with Gasteiger partial charge in [0.2, 0.25) is 5.91 Å². The van der Waals surface area contributed by atoms with Crippen molar-refractivity contribution in [3.05, 3.63) is 18.7 Å². The Kier molecular flexibility index (Phi) is 4.04. The second-order valence-electron chi connectivity index (χ2n) is 3.86. The van der Waals surface area contributed by atoms with Gasteiger partial charge in [0.15, 0.2) is 0 Å². The van der Waals surface area contributed by atoms with Crippen molar-refractivity contribution in [1.29, 1.82) is 0 Å². The van der Waals surface area contributed by atoms with Gasteiger partial charge in [-0.2, -0.15) is 0 Å². The average Bonchev–Trinajstić information content (AvgIpc) is 2.65. The number of hydrogen-bond donors (Lipinski definition) is 2. The van der Waals surface area contributed by atoms with Crippen LogP contribution in [-0.2, 0) is 16.1 Å². The largest absolute Gasteiger partial charge is 0.480 e. The van der Waals surface area contributed by atoms with Crippen molar-refractivity contribution in [2.75, 3.05) is 0 Å². The summed E-state index contributed by atoms with van der Waals surface area (Å²) < 4.78 is 1.58. The Bertz CT molecular complexity index is 359. The van der Waals surface area contributed by atoms with E-state index in [1.165, 1.54) is 6.33 Å². The predicted molar refractivity (Wildman–Crippen MR) is 56.6 cm³/mol. The Hall–Kier alpha value is -1.85. The van der Waals surface area contributed by atoms with Crippen molar-refractivity contribution >= 4 is 11.9 Å². The van der Waals surface area contributed by atoms with E-state index in [0.29, 0.717) is 0 Å². The van der Waals surface area contributed by atoms with Gasteiger partial charge < -0.3 is 15.0 Å². The van der Waals surface area contributed by atoms with Crippen LogP contribution in [0.25, 0.3) is 0 Å². The smallest absolute Gasteiger partial charge is 0.326 e. The molecular weight excluding hydrogens is 210 g/mol. The molecule has 16 heavy (non-hydrogen) atoms. The fraction of sp³-hybridized carbons (Fsp3) is 0.500. The molecule has 1 rings (SSSR count). The molecule has 0 aliphatic rings. The van der Waals surface area contributed by atoms with E-state index in [-0.39, 0.29) is 18.4 Å². The van der Waals surface area contributed by atoms with E-state index in [1.54, 1.807) is 30.8 Å². The first kappa shape index (κ1) is 12.2. The van der Waals surface area contributed by atoms with E-state index in [0.717, 1.165) is 0 Å². The van der Waals surface area contributed by atoms with Gasteiger partial charge in [0.05, 0.1) is 6.33 Å². The van der Waals surface area contributed by atoms with Crippen molar-refractivity contribution < 1.29 is 14.7 Å². The highest BCUT2D eigenvalue weighted by atomic mass is 16.4. The van der Waals surface area contributed by atoms with Gasteiger partial charge in [-0.05, 0) is 5.92 Å². The first-order valence-corrected chi connectivity index (χ1v) is 4.98. The lowest BCUT2D eigenvalue weighted by Crippen LogP contribution is -2.45. The Morgan fingerprint density at radius 2 is 2.19 bits per heavy atom. The number of carbonyl (C=O) groups excluding carboxylic acids is 1. The Balaban J connectivity index is 2.52. The van der Waals surface area contributed by atoms with Gasteiger partial charge in [-0.25, -0.2) is 9.78 Å². The van der Waals surface area contributed by atoms with E-state index in [2.05, 4.69) is 10.3 Å². The number of imidazole rings is 1. The van der Waals surface area contributed by atoms with Crippen molar-refractivity contribution in [3.8, 4) is 0 Å². The third-order valence-electron chi connectivity index (χ3n) is 2.13. The van der Waals surface area contributed by atoms with E-state index >= 15 is 0 Å². The number of rotatable bonds is 5. The van der Waals surface area contributed by atoms with Gasteiger partial charge in [0.1, 0.15) is 12.6 Å². The minimum atomic E-state index is -1.02. The van der Waals surface area contributed by atoms with Gasteiger partial charge >= 0.3 is 5.97 Å². The van der Waals surface area contributed by atoms with Crippen LogP contribution in [0.15, 0.2) is 18.7 Å². The molecule has 0 bridgehead atoms. The molecule has 0 radical (unpaired) electrons. The van der Waals surface area contributed by atoms with Gasteiger partial charge in [0.25, 0.3) is 0 Å². The van der Waals surface area contributed by atoms with Crippen molar-refractivity contribution in [2.45, 2.75) is 26.4 Å². The molecule has 0 aliphatic carbocycles. The van der Waals surface area contributed by atoms with Gasteiger partial charge in [0, 0.05) is 12.4 Å². The van der Waals surface area contributed by atoms with E-state index in [4.69, 9.17) is 5.11 Å². The topological polar surface area (TPSA) is 84.2 Å². The molecule has 6 heteroatoms. The van der Waals surface area contributed by atoms with Crippen LogP contribution in [0.1, 0.15) is 13.8 Å².